The topological polar surface area (TPSA) is 66.0 Å². The first kappa shape index (κ1) is 15.7. The molecule has 2 N–H and O–H groups in total. The number of nitrogens with one attached hydrogen (secondary N) is 1. The summed E-state index contributed by atoms with van der Waals surface area (Å²) in [4.78, 5) is 19.0. The zero-order valence-electron chi connectivity index (χ0n) is 11.7. The number of H-pyrrole nitrogens is 1. The van der Waals surface area contributed by atoms with E-state index in [0.717, 1.165) is 26.4 Å². The quantitative estimate of drug-likeness (QED) is 0.602. The third-order valence-corrected chi connectivity index (χ3v) is 5.83. The molecule has 0 saturated carbocycles. The van der Waals surface area contributed by atoms with Crippen LogP contribution in [0.4, 0.5) is 0 Å². The van der Waals surface area contributed by atoms with Gasteiger partial charge in [0.15, 0.2) is 0 Å². The number of hydrogen-bond donors (Lipinski definition) is 2. The maximum atomic E-state index is 11.3. The number of aromatic amines is 1. The van der Waals surface area contributed by atoms with E-state index in [0.29, 0.717) is 11.1 Å². The molecule has 22 heavy (non-hydrogen) atoms. The van der Waals surface area contributed by atoms with E-state index in [9.17, 15) is 9.90 Å². The summed E-state index contributed by atoms with van der Waals surface area (Å²) in [5, 5.41) is 9.51. The minimum Gasteiger partial charge on any atom is -0.480 e. The SMILES string of the molecule is CC1c2c(nc(Cc3cccc(Br)c3)[nH]c2=S)SC1C(=O)O. The van der Waals surface area contributed by atoms with Crippen molar-refractivity contribution in [3.8, 4) is 0 Å². The first-order valence-corrected chi connectivity index (χ1v) is 8.81. The van der Waals surface area contributed by atoms with Gasteiger partial charge in [0.2, 0.25) is 0 Å². The van der Waals surface area contributed by atoms with Gasteiger partial charge < -0.3 is 10.1 Å². The molecule has 0 bridgehead atoms. The van der Waals surface area contributed by atoms with Crippen LogP contribution in [0.25, 0.3) is 0 Å². The molecule has 0 amide bonds. The second kappa shape index (κ2) is 6.14. The van der Waals surface area contributed by atoms with Crippen LogP contribution < -0.4 is 0 Å². The Labute approximate surface area is 145 Å². The first-order valence-electron chi connectivity index (χ1n) is 6.72. The van der Waals surface area contributed by atoms with Crippen LogP contribution in [0.2, 0.25) is 0 Å². The van der Waals surface area contributed by atoms with Gasteiger partial charge in [0.05, 0.1) is 0 Å². The van der Waals surface area contributed by atoms with E-state index in [-0.39, 0.29) is 5.92 Å². The van der Waals surface area contributed by atoms with E-state index in [1.807, 2.05) is 31.2 Å². The molecule has 1 aliphatic heterocycles. The van der Waals surface area contributed by atoms with Crippen molar-refractivity contribution in [3.63, 3.8) is 0 Å². The van der Waals surface area contributed by atoms with E-state index < -0.39 is 11.2 Å². The van der Waals surface area contributed by atoms with Gasteiger partial charge >= 0.3 is 5.97 Å². The first-order chi connectivity index (χ1) is 10.5. The lowest BCUT2D eigenvalue weighted by Crippen LogP contribution is -2.18. The molecule has 0 aliphatic carbocycles. The Kier molecular flexibility index (Phi) is 4.38. The van der Waals surface area contributed by atoms with Gasteiger partial charge in [-0.3, -0.25) is 4.79 Å². The summed E-state index contributed by atoms with van der Waals surface area (Å²) in [7, 11) is 0. The van der Waals surface area contributed by atoms with Gasteiger partial charge in [-0.15, -0.1) is 0 Å². The summed E-state index contributed by atoms with van der Waals surface area (Å²) >= 11 is 10.2. The number of fused-ring (bicyclic) bond motifs is 1. The summed E-state index contributed by atoms with van der Waals surface area (Å²) in [5.41, 5.74) is 1.96. The van der Waals surface area contributed by atoms with Crippen LogP contribution >= 0.6 is 39.9 Å². The lowest BCUT2D eigenvalue weighted by molar-refractivity contribution is -0.136. The van der Waals surface area contributed by atoms with Gasteiger partial charge in [-0.1, -0.05) is 59.0 Å². The Morgan fingerprint density at radius 1 is 1.55 bits per heavy atom. The van der Waals surface area contributed by atoms with E-state index >= 15 is 0 Å². The second-order valence-corrected chi connectivity index (χ2v) is 7.66. The van der Waals surface area contributed by atoms with Crippen LogP contribution in [0.5, 0.6) is 0 Å². The maximum absolute atomic E-state index is 11.3. The molecule has 0 radical (unpaired) electrons. The highest BCUT2D eigenvalue weighted by atomic mass is 79.9. The van der Waals surface area contributed by atoms with Crippen LogP contribution in [0.3, 0.4) is 0 Å². The molecule has 114 valence electrons. The Morgan fingerprint density at radius 2 is 2.32 bits per heavy atom. The van der Waals surface area contributed by atoms with E-state index in [4.69, 9.17) is 12.2 Å². The van der Waals surface area contributed by atoms with Crippen molar-refractivity contribution in [1.29, 1.82) is 0 Å². The van der Waals surface area contributed by atoms with Crippen molar-refractivity contribution in [3.05, 3.63) is 50.3 Å². The average molecular weight is 397 g/mol. The highest BCUT2D eigenvalue weighted by molar-refractivity contribution is 9.10. The second-order valence-electron chi connectivity index (χ2n) is 5.20. The predicted octanol–water partition coefficient (Wildman–Crippen LogP) is 4.15. The number of hydrogen-bond acceptors (Lipinski definition) is 4. The third kappa shape index (κ3) is 2.98. The normalized spacial score (nSPS) is 19.9. The zero-order valence-corrected chi connectivity index (χ0v) is 14.9. The smallest absolute Gasteiger partial charge is 0.317 e. The fraction of sp³-hybridized carbons (Fsp3) is 0.267. The van der Waals surface area contributed by atoms with Crippen LogP contribution in [-0.4, -0.2) is 26.3 Å². The molecule has 1 aliphatic rings. The monoisotopic (exact) mass is 396 g/mol. The van der Waals surface area contributed by atoms with E-state index in [2.05, 4.69) is 25.9 Å². The standard InChI is InChI=1S/C15H13BrN2O2S2/c1-7-11-13(21)17-10(6-8-3-2-4-9(16)5-8)18-14(11)22-12(7)15(19)20/h2-5,7,12H,6H2,1H3,(H,19,20)(H,17,18,21). The lowest BCUT2D eigenvalue weighted by Gasteiger charge is -2.09. The third-order valence-electron chi connectivity index (χ3n) is 3.62. The van der Waals surface area contributed by atoms with Crippen LogP contribution in [0.1, 0.15) is 29.8 Å². The summed E-state index contributed by atoms with van der Waals surface area (Å²) < 4.78 is 1.61. The fourth-order valence-corrected chi connectivity index (χ4v) is 4.73. The largest absolute Gasteiger partial charge is 0.480 e. The molecule has 1 aromatic carbocycles. The van der Waals surface area contributed by atoms with Crippen molar-refractivity contribution in [1.82, 2.24) is 9.97 Å². The Balaban J connectivity index is 1.95. The molecule has 0 saturated heterocycles. The molecule has 1 aromatic heterocycles. The number of benzene rings is 1. The number of rotatable bonds is 3. The number of halogens is 1. The Hall–Kier alpha value is -1.18. The molecule has 2 heterocycles. The van der Waals surface area contributed by atoms with Gasteiger partial charge in [-0.05, 0) is 17.7 Å². The Bertz CT molecular complexity index is 806. The minimum atomic E-state index is -0.821. The highest BCUT2D eigenvalue weighted by Crippen LogP contribution is 2.44. The van der Waals surface area contributed by atoms with Crippen molar-refractivity contribution in [2.45, 2.75) is 29.5 Å². The van der Waals surface area contributed by atoms with Crippen LogP contribution in [0, 0.1) is 4.64 Å². The van der Waals surface area contributed by atoms with Crippen molar-refractivity contribution >= 4 is 45.9 Å². The summed E-state index contributed by atoms with van der Waals surface area (Å²) in [5.74, 6) is -0.195. The summed E-state index contributed by atoms with van der Waals surface area (Å²) in [6, 6.07) is 7.99. The van der Waals surface area contributed by atoms with E-state index in [1.54, 1.807) is 0 Å². The summed E-state index contributed by atoms with van der Waals surface area (Å²) in [6.45, 7) is 1.89. The number of aliphatic carboxylic acids is 1. The number of carboxylic acids is 1. The number of carbonyl (C=O) groups is 1. The molecule has 2 unspecified atom stereocenters. The van der Waals surface area contributed by atoms with Crippen LogP contribution in [0.15, 0.2) is 33.8 Å². The minimum absolute atomic E-state index is 0.131. The molecule has 4 nitrogen and oxygen atoms in total. The lowest BCUT2D eigenvalue weighted by atomic mass is 10.0. The van der Waals surface area contributed by atoms with Crippen molar-refractivity contribution in [2.75, 3.05) is 0 Å². The molecular formula is C15H13BrN2O2S2. The maximum Gasteiger partial charge on any atom is 0.317 e. The molecular weight excluding hydrogens is 384 g/mol. The van der Waals surface area contributed by atoms with Gasteiger partial charge in [-0.2, -0.15) is 0 Å². The molecule has 7 heteroatoms. The van der Waals surface area contributed by atoms with Crippen molar-refractivity contribution in [2.24, 2.45) is 0 Å². The Morgan fingerprint density at radius 3 is 3.00 bits per heavy atom. The molecule has 0 fully saturated rings. The van der Waals surface area contributed by atoms with Gasteiger partial charge in [0, 0.05) is 22.4 Å². The molecule has 2 aromatic rings. The molecule has 0 spiro atoms. The van der Waals surface area contributed by atoms with Crippen molar-refractivity contribution < 1.29 is 9.90 Å². The predicted molar refractivity (Wildman–Crippen MR) is 92.1 cm³/mol. The van der Waals surface area contributed by atoms with E-state index in [1.165, 1.54) is 11.8 Å². The van der Waals surface area contributed by atoms with Gasteiger partial charge in [-0.25, -0.2) is 4.98 Å². The van der Waals surface area contributed by atoms with Gasteiger partial charge in [0.25, 0.3) is 0 Å². The number of thioether (sulfide) groups is 1. The average Bonchev–Trinajstić information content (AvgIpc) is 2.76. The van der Waals surface area contributed by atoms with Crippen LogP contribution in [-0.2, 0) is 11.2 Å². The number of carboxylic acid groups (broad SMARTS) is 1. The number of nitrogens with zero attached hydrogens (tertiary/aromatic N) is 1. The molecule has 3 rings (SSSR count). The number of aromatic nitrogens is 2. The fourth-order valence-electron chi connectivity index (χ4n) is 2.56. The molecule has 2 atom stereocenters. The highest BCUT2D eigenvalue weighted by Gasteiger charge is 2.37. The zero-order chi connectivity index (χ0) is 15.9. The summed E-state index contributed by atoms with van der Waals surface area (Å²) in [6.07, 6.45) is 0.628. The van der Waals surface area contributed by atoms with Gasteiger partial charge in [0.1, 0.15) is 20.7 Å².